The van der Waals surface area contributed by atoms with E-state index in [0.29, 0.717) is 5.56 Å². The largest absolute Gasteiger partial charge is 0.465 e. The molecule has 1 amide bonds. The van der Waals surface area contributed by atoms with E-state index in [4.69, 9.17) is 0 Å². The van der Waals surface area contributed by atoms with Gasteiger partial charge in [0, 0.05) is 12.5 Å². The van der Waals surface area contributed by atoms with E-state index in [9.17, 15) is 14.0 Å². The van der Waals surface area contributed by atoms with Gasteiger partial charge in [0.15, 0.2) is 0 Å². The van der Waals surface area contributed by atoms with E-state index in [2.05, 4.69) is 21.9 Å². The molecule has 0 unspecified atom stereocenters. The Bertz CT molecular complexity index is 529. The van der Waals surface area contributed by atoms with E-state index < -0.39 is 11.8 Å². The highest BCUT2D eigenvalue weighted by Crippen LogP contribution is 2.11. The Kier molecular flexibility index (Phi) is 4.88. The first-order valence-electron chi connectivity index (χ1n) is 5.15. The second kappa shape index (κ2) is 6.40. The van der Waals surface area contributed by atoms with Crippen LogP contribution in [0.3, 0.4) is 0 Å². The number of methoxy groups -OCH3 is 1. The van der Waals surface area contributed by atoms with Gasteiger partial charge in [-0.2, -0.15) is 0 Å². The van der Waals surface area contributed by atoms with Crippen LogP contribution in [-0.2, 0) is 9.53 Å². The second-order valence-electron chi connectivity index (χ2n) is 3.40. The van der Waals surface area contributed by atoms with E-state index in [1.807, 2.05) is 0 Å². The van der Waals surface area contributed by atoms with Gasteiger partial charge in [-0.3, -0.25) is 4.79 Å². The van der Waals surface area contributed by atoms with Gasteiger partial charge in [-0.15, -0.1) is 0 Å². The van der Waals surface area contributed by atoms with Crippen molar-refractivity contribution in [1.82, 2.24) is 5.32 Å². The lowest BCUT2D eigenvalue weighted by atomic mass is 10.1. The number of esters is 1. The Balaban J connectivity index is 2.85. The Morgan fingerprint density at radius 3 is 2.78 bits per heavy atom. The molecule has 0 saturated heterocycles. The van der Waals surface area contributed by atoms with E-state index in [1.165, 1.54) is 26.2 Å². The van der Waals surface area contributed by atoms with Gasteiger partial charge in [0.1, 0.15) is 5.82 Å². The molecule has 0 bridgehead atoms. The predicted octanol–water partition coefficient (Wildman–Crippen LogP) is 1.10. The minimum Gasteiger partial charge on any atom is -0.465 e. The number of hydrogen-bond acceptors (Lipinski definition) is 3. The minimum atomic E-state index is -0.752. The number of amides is 1. The number of benzene rings is 1. The summed E-state index contributed by atoms with van der Waals surface area (Å²) in [7, 11) is 1.18. The quantitative estimate of drug-likeness (QED) is 0.630. The molecule has 0 atom stereocenters. The lowest BCUT2D eigenvalue weighted by molar-refractivity contribution is -0.118. The van der Waals surface area contributed by atoms with Crippen LogP contribution >= 0.6 is 0 Å². The molecule has 0 radical (unpaired) electrons. The van der Waals surface area contributed by atoms with E-state index in [-0.39, 0.29) is 18.0 Å². The maximum absolute atomic E-state index is 13.3. The molecule has 5 heteroatoms. The first-order chi connectivity index (χ1) is 8.54. The maximum Gasteiger partial charge on any atom is 0.340 e. The molecule has 0 aliphatic rings. The predicted molar refractivity (Wildman–Crippen MR) is 63.3 cm³/mol. The molecule has 0 fully saturated rings. The van der Waals surface area contributed by atoms with Crippen molar-refractivity contribution in [3.8, 4) is 11.8 Å². The minimum absolute atomic E-state index is 0.163. The number of carbonyl (C=O) groups excluding carboxylic acids is 2. The molecule has 1 rings (SSSR count). The molecule has 0 heterocycles. The molecule has 0 saturated carbocycles. The van der Waals surface area contributed by atoms with Crippen molar-refractivity contribution < 1.29 is 18.7 Å². The highest BCUT2D eigenvalue weighted by molar-refractivity contribution is 5.90. The summed E-state index contributed by atoms with van der Waals surface area (Å²) in [5, 5.41) is 2.50. The van der Waals surface area contributed by atoms with Gasteiger partial charge in [0.25, 0.3) is 0 Å². The van der Waals surface area contributed by atoms with Gasteiger partial charge in [-0.1, -0.05) is 11.8 Å². The average Bonchev–Trinajstić information content (AvgIpc) is 2.35. The fraction of sp³-hybridized carbons (Fsp3) is 0.231. The Hall–Kier alpha value is -2.35. The monoisotopic (exact) mass is 249 g/mol. The first kappa shape index (κ1) is 13.7. The summed E-state index contributed by atoms with van der Waals surface area (Å²) in [6, 6.07) is 3.90. The molecule has 0 aromatic heterocycles. The lowest BCUT2D eigenvalue weighted by Crippen LogP contribution is -2.19. The zero-order valence-corrected chi connectivity index (χ0v) is 10.0. The summed E-state index contributed by atoms with van der Waals surface area (Å²) < 4.78 is 17.7. The van der Waals surface area contributed by atoms with Crippen molar-refractivity contribution in [2.45, 2.75) is 6.92 Å². The lowest BCUT2D eigenvalue weighted by Gasteiger charge is -2.01. The second-order valence-corrected chi connectivity index (χ2v) is 3.40. The van der Waals surface area contributed by atoms with Gasteiger partial charge in [0.2, 0.25) is 5.91 Å². The molecular weight excluding hydrogens is 237 g/mol. The molecule has 0 aliphatic heterocycles. The summed E-state index contributed by atoms with van der Waals surface area (Å²) in [4.78, 5) is 21.8. The third kappa shape index (κ3) is 3.91. The van der Waals surface area contributed by atoms with Crippen LogP contribution in [0.4, 0.5) is 4.39 Å². The van der Waals surface area contributed by atoms with E-state index >= 15 is 0 Å². The van der Waals surface area contributed by atoms with Crippen LogP contribution in [0.25, 0.3) is 0 Å². The van der Waals surface area contributed by atoms with Crippen molar-refractivity contribution in [2.75, 3.05) is 13.7 Å². The van der Waals surface area contributed by atoms with Crippen LogP contribution in [0, 0.1) is 17.7 Å². The van der Waals surface area contributed by atoms with Crippen molar-refractivity contribution >= 4 is 11.9 Å². The zero-order chi connectivity index (χ0) is 13.5. The van der Waals surface area contributed by atoms with Gasteiger partial charge in [-0.05, 0) is 18.2 Å². The molecule has 0 spiro atoms. The molecule has 1 N–H and O–H groups in total. The number of nitrogens with one attached hydrogen (secondary N) is 1. The summed E-state index contributed by atoms with van der Waals surface area (Å²) in [6.07, 6.45) is 0. The van der Waals surface area contributed by atoms with Crippen molar-refractivity contribution in [2.24, 2.45) is 0 Å². The summed E-state index contributed by atoms with van der Waals surface area (Å²) in [6.45, 7) is 1.58. The zero-order valence-electron chi connectivity index (χ0n) is 10.0. The van der Waals surface area contributed by atoms with E-state index in [0.717, 1.165) is 6.07 Å². The van der Waals surface area contributed by atoms with Gasteiger partial charge >= 0.3 is 5.97 Å². The van der Waals surface area contributed by atoms with Crippen LogP contribution in [0.5, 0.6) is 0 Å². The SMILES string of the molecule is COC(=O)c1cc(C#CCNC(C)=O)ccc1F. The molecule has 18 heavy (non-hydrogen) atoms. The first-order valence-corrected chi connectivity index (χ1v) is 5.15. The molecule has 0 aliphatic carbocycles. The summed E-state index contributed by atoms with van der Waals surface area (Å²) in [5.74, 6) is 3.80. The Morgan fingerprint density at radius 1 is 1.44 bits per heavy atom. The van der Waals surface area contributed by atoms with Gasteiger partial charge in [-0.25, -0.2) is 9.18 Å². The standard InChI is InChI=1S/C13H12FNO3/c1-9(16)15-7-3-4-10-5-6-12(14)11(8-10)13(17)18-2/h5-6,8H,7H2,1-2H3,(H,15,16). The fourth-order valence-corrected chi connectivity index (χ4v) is 1.18. The van der Waals surface area contributed by atoms with Crippen LogP contribution in [0.15, 0.2) is 18.2 Å². The third-order valence-electron chi connectivity index (χ3n) is 2.03. The Morgan fingerprint density at radius 2 is 2.17 bits per heavy atom. The van der Waals surface area contributed by atoms with Crippen molar-refractivity contribution in [3.63, 3.8) is 0 Å². The van der Waals surface area contributed by atoms with Crippen LogP contribution < -0.4 is 5.32 Å². The molecular formula is C13H12FNO3. The molecule has 1 aromatic rings. The third-order valence-corrected chi connectivity index (χ3v) is 2.03. The number of ether oxygens (including phenoxy) is 1. The number of hydrogen-bond donors (Lipinski definition) is 1. The van der Waals surface area contributed by atoms with Crippen molar-refractivity contribution in [1.29, 1.82) is 0 Å². The Labute approximate surface area is 104 Å². The summed E-state index contributed by atoms with van der Waals surface area (Å²) >= 11 is 0. The highest BCUT2D eigenvalue weighted by atomic mass is 19.1. The number of halogens is 1. The van der Waals surface area contributed by atoms with Gasteiger partial charge < -0.3 is 10.1 Å². The van der Waals surface area contributed by atoms with Crippen LogP contribution in [0.1, 0.15) is 22.8 Å². The highest BCUT2D eigenvalue weighted by Gasteiger charge is 2.11. The van der Waals surface area contributed by atoms with Crippen LogP contribution in [0.2, 0.25) is 0 Å². The topological polar surface area (TPSA) is 55.4 Å². The number of carbonyl (C=O) groups is 2. The normalized spacial score (nSPS) is 9.06. The summed E-state index contributed by atoms with van der Waals surface area (Å²) in [5.41, 5.74) is 0.311. The fourth-order valence-electron chi connectivity index (χ4n) is 1.18. The average molecular weight is 249 g/mol. The molecule has 94 valence electrons. The smallest absolute Gasteiger partial charge is 0.340 e. The molecule has 1 aromatic carbocycles. The van der Waals surface area contributed by atoms with Crippen molar-refractivity contribution in [3.05, 3.63) is 35.1 Å². The number of rotatable bonds is 2. The maximum atomic E-state index is 13.3. The van der Waals surface area contributed by atoms with Gasteiger partial charge in [0.05, 0.1) is 19.2 Å². The molecule has 4 nitrogen and oxygen atoms in total. The van der Waals surface area contributed by atoms with E-state index in [1.54, 1.807) is 0 Å². The van der Waals surface area contributed by atoms with Crippen LogP contribution in [-0.4, -0.2) is 25.5 Å².